The molecule has 1 amide bonds. The molecule has 0 unspecified atom stereocenters. The molecule has 0 saturated heterocycles. The van der Waals surface area contributed by atoms with E-state index in [0.717, 1.165) is 5.69 Å². The molecule has 1 aromatic heterocycles. The Morgan fingerprint density at radius 2 is 2.33 bits per heavy atom. The van der Waals surface area contributed by atoms with Gasteiger partial charge in [-0.05, 0) is 6.42 Å². The molecule has 0 fully saturated rings. The minimum Gasteiger partial charge on any atom is -0.480 e. The maximum absolute atomic E-state index is 11.9. The first kappa shape index (κ1) is 14.6. The lowest BCUT2D eigenvalue weighted by atomic mass is 10.2. The lowest BCUT2D eigenvalue weighted by Crippen LogP contribution is -2.38. The van der Waals surface area contributed by atoms with E-state index in [1.807, 2.05) is 5.38 Å². The summed E-state index contributed by atoms with van der Waals surface area (Å²) in [5.74, 6) is -1.21. The average Bonchev–Trinajstić information content (AvgIpc) is 2.84. The van der Waals surface area contributed by atoms with E-state index in [0.29, 0.717) is 19.6 Å². The van der Waals surface area contributed by atoms with Crippen LogP contribution in [0.3, 0.4) is 0 Å². The first-order chi connectivity index (χ1) is 8.63. The van der Waals surface area contributed by atoms with Crippen LogP contribution in [-0.4, -0.2) is 53.7 Å². The maximum Gasteiger partial charge on any atom is 0.323 e. The van der Waals surface area contributed by atoms with Crippen LogP contribution >= 0.6 is 11.3 Å². The third-order valence-electron chi connectivity index (χ3n) is 2.32. The fraction of sp³-hybridized carbons (Fsp3) is 0.545. The molecular formula is C11H16N2O4S. The van der Waals surface area contributed by atoms with Gasteiger partial charge in [-0.1, -0.05) is 0 Å². The molecule has 0 radical (unpaired) electrons. The summed E-state index contributed by atoms with van der Waals surface area (Å²) in [6, 6.07) is 0. The molecule has 100 valence electrons. The number of nitrogens with zero attached hydrogens (tertiary/aromatic N) is 2. The van der Waals surface area contributed by atoms with E-state index in [1.165, 1.54) is 23.3 Å². The van der Waals surface area contributed by atoms with Crippen molar-refractivity contribution in [2.75, 3.05) is 26.8 Å². The highest BCUT2D eigenvalue weighted by molar-refractivity contribution is 7.07. The van der Waals surface area contributed by atoms with Crippen LogP contribution < -0.4 is 0 Å². The fourth-order valence-electron chi connectivity index (χ4n) is 1.41. The Hall–Kier alpha value is -1.47. The molecule has 0 saturated carbocycles. The number of aryl methyl sites for hydroxylation is 1. The molecule has 0 aliphatic heterocycles. The highest BCUT2D eigenvalue weighted by Crippen LogP contribution is 2.06. The number of rotatable bonds is 8. The molecule has 1 rings (SSSR count). The molecule has 7 heteroatoms. The normalized spacial score (nSPS) is 10.3. The topological polar surface area (TPSA) is 79.7 Å². The molecule has 1 heterocycles. The number of hydrogen-bond donors (Lipinski definition) is 1. The standard InChI is InChI=1S/C11H16N2O4S/c1-17-5-4-13(6-11(15)16)10(14)3-2-9-7-18-8-12-9/h7-8H,2-6H2,1H3,(H,15,16). The number of carboxylic acids is 1. The van der Waals surface area contributed by atoms with Crippen molar-refractivity contribution in [1.29, 1.82) is 0 Å². The summed E-state index contributed by atoms with van der Waals surface area (Å²) in [4.78, 5) is 27.9. The Labute approximate surface area is 109 Å². The lowest BCUT2D eigenvalue weighted by Gasteiger charge is -2.20. The summed E-state index contributed by atoms with van der Waals surface area (Å²) in [5.41, 5.74) is 2.56. The van der Waals surface area contributed by atoms with Crippen molar-refractivity contribution in [3.8, 4) is 0 Å². The second-order valence-corrected chi connectivity index (χ2v) is 4.40. The average molecular weight is 272 g/mol. The summed E-state index contributed by atoms with van der Waals surface area (Å²) >= 11 is 1.47. The van der Waals surface area contributed by atoms with Gasteiger partial charge < -0.3 is 14.7 Å². The van der Waals surface area contributed by atoms with Crippen LogP contribution in [0.25, 0.3) is 0 Å². The Kier molecular flexibility index (Phi) is 6.31. The number of carboxylic acid groups (broad SMARTS) is 1. The van der Waals surface area contributed by atoms with Crippen LogP contribution in [-0.2, 0) is 20.7 Å². The van der Waals surface area contributed by atoms with Gasteiger partial charge in [-0.2, -0.15) is 0 Å². The second kappa shape index (κ2) is 7.78. The number of ether oxygens (including phenoxy) is 1. The molecule has 0 aliphatic rings. The van der Waals surface area contributed by atoms with E-state index in [-0.39, 0.29) is 18.9 Å². The predicted molar refractivity (Wildman–Crippen MR) is 66.5 cm³/mol. The van der Waals surface area contributed by atoms with E-state index in [9.17, 15) is 9.59 Å². The van der Waals surface area contributed by atoms with E-state index in [1.54, 1.807) is 5.51 Å². The van der Waals surface area contributed by atoms with Crippen LogP contribution in [0.1, 0.15) is 12.1 Å². The quantitative estimate of drug-likeness (QED) is 0.751. The Bertz CT molecular complexity index is 380. The van der Waals surface area contributed by atoms with E-state index >= 15 is 0 Å². The van der Waals surface area contributed by atoms with Crippen LogP contribution in [0.4, 0.5) is 0 Å². The molecule has 1 N–H and O–H groups in total. The number of carbonyl (C=O) groups excluding carboxylic acids is 1. The third kappa shape index (κ3) is 5.24. The zero-order valence-electron chi connectivity index (χ0n) is 10.2. The summed E-state index contributed by atoms with van der Waals surface area (Å²) in [6.45, 7) is 0.327. The van der Waals surface area contributed by atoms with Crippen molar-refractivity contribution < 1.29 is 19.4 Å². The number of methoxy groups -OCH3 is 1. The minimum absolute atomic E-state index is 0.192. The zero-order valence-corrected chi connectivity index (χ0v) is 11.0. The molecule has 0 atom stereocenters. The predicted octanol–water partition coefficient (Wildman–Crippen LogP) is 0.635. The van der Waals surface area contributed by atoms with Gasteiger partial charge in [-0.25, -0.2) is 4.98 Å². The van der Waals surface area contributed by atoms with Gasteiger partial charge in [0, 0.05) is 25.5 Å². The molecule has 0 bridgehead atoms. The number of carbonyl (C=O) groups is 2. The van der Waals surface area contributed by atoms with Gasteiger partial charge in [0.1, 0.15) is 6.54 Å². The molecule has 6 nitrogen and oxygen atoms in total. The number of thiazole rings is 1. The lowest BCUT2D eigenvalue weighted by molar-refractivity contribution is -0.144. The monoisotopic (exact) mass is 272 g/mol. The largest absolute Gasteiger partial charge is 0.480 e. The molecule has 18 heavy (non-hydrogen) atoms. The number of aliphatic carboxylic acids is 1. The van der Waals surface area contributed by atoms with Crippen molar-refractivity contribution in [3.05, 3.63) is 16.6 Å². The number of hydrogen-bond acceptors (Lipinski definition) is 5. The van der Waals surface area contributed by atoms with Gasteiger partial charge in [0.2, 0.25) is 5.91 Å². The second-order valence-electron chi connectivity index (χ2n) is 3.68. The SMILES string of the molecule is COCCN(CC(=O)O)C(=O)CCc1cscn1. The molecule has 0 spiro atoms. The van der Waals surface area contributed by atoms with Crippen LogP contribution in [0.5, 0.6) is 0 Å². The van der Waals surface area contributed by atoms with Crippen molar-refractivity contribution in [1.82, 2.24) is 9.88 Å². The van der Waals surface area contributed by atoms with Gasteiger partial charge in [0.15, 0.2) is 0 Å². The Morgan fingerprint density at radius 1 is 1.56 bits per heavy atom. The maximum atomic E-state index is 11.9. The van der Waals surface area contributed by atoms with Crippen LogP contribution in [0.15, 0.2) is 10.9 Å². The zero-order chi connectivity index (χ0) is 13.4. The highest BCUT2D eigenvalue weighted by atomic mass is 32.1. The fourth-order valence-corrected chi connectivity index (χ4v) is 2.00. The Balaban J connectivity index is 2.44. The van der Waals surface area contributed by atoms with Crippen LogP contribution in [0, 0.1) is 0 Å². The Morgan fingerprint density at radius 3 is 2.89 bits per heavy atom. The van der Waals surface area contributed by atoms with Crippen molar-refractivity contribution >= 4 is 23.2 Å². The molecule has 0 aliphatic carbocycles. The van der Waals surface area contributed by atoms with Gasteiger partial charge in [-0.15, -0.1) is 11.3 Å². The smallest absolute Gasteiger partial charge is 0.323 e. The van der Waals surface area contributed by atoms with Crippen LogP contribution in [0.2, 0.25) is 0 Å². The number of aromatic nitrogens is 1. The molecular weight excluding hydrogens is 256 g/mol. The van der Waals surface area contributed by atoms with Crippen molar-refractivity contribution in [3.63, 3.8) is 0 Å². The molecule has 1 aromatic rings. The van der Waals surface area contributed by atoms with E-state index in [4.69, 9.17) is 9.84 Å². The first-order valence-electron chi connectivity index (χ1n) is 5.49. The van der Waals surface area contributed by atoms with E-state index < -0.39 is 5.97 Å². The van der Waals surface area contributed by atoms with Gasteiger partial charge in [0.25, 0.3) is 0 Å². The van der Waals surface area contributed by atoms with Gasteiger partial charge >= 0.3 is 5.97 Å². The highest BCUT2D eigenvalue weighted by Gasteiger charge is 2.16. The number of amides is 1. The summed E-state index contributed by atoms with van der Waals surface area (Å²) in [5, 5.41) is 10.6. The summed E-state index contributed by atoms with van der Waals surface area (Å²) in [7, 11) is 1.51. The third-order valence-corrected chi connectivity index (χ3v) is 2.96. The van der Waals surface area contributed by atoms with Gasteiger partial charge in [-0.3, -0.25) is 9.59 Å². The van der Waals surface area contributed by atoms with Crippen molar-refractivity contribution in [2.24, 2.45) is 0 Å². The molecule has 0 aromatic carbocycles. The first-order valence-corrected chi connectivity index (χ1v) is 6.43. The van der Waals surface area contributed by atoms with Gasteiger partial charge in [0.05, 0.1) is 17.8 Å². The summed E-state index contributed by atoms with van der Waals surface area (Å²) < 4.78 is 4.86. The minimum atomic E-state index is -1.02. The summed E-state index contributed by atoms with van der Waals surface area (Å²) in [6.07, 6.45) is 0.798. The van der Waals surface area contributed by atoms with E-state index in [2.05, 4.69) is 4.98 Å². The van der Waals surface area contributed by atoms with Crippen molar-refractivity contribution in [2.45, 2.75) is 12.8 Å².